The third-order valence-corrected chi connectivity index (χ3v) is 5.04. The molecule has 0 aliphatic heterocycles. The van der Waals surface area contributed by atoms with Gasteiger partial charge in [-0.2, -0.15) is 13.2 Å². The third-order valence-electron chi connectivity index (χ3n) is 3.17. The van der Waals surface area contributed by atoms with E-state index < -0.39 is 26.7 Å². The van der Waals surface area contributed by atoms with Crippen molar-refractivity contribution in [2.24, 2.45) is 0 Å². The highest BCUT2D eigenvalue weighted by Gasteiger charge is 2.32. The number of hydrogen-bond acceptors (Lipinski definition) is 3. The largest absolute Gasteiger partial charge is 0.416 e. The van der Waals surface area contributed by atoms with Crippen molar-refractivity contribution in [3.05, 3.63) is 58.6 Å². The molecule has 1 amide bonds. The van der Waals surface area contributed by atoms with Crippen molar-refractivity contribution in [2.75, 3.05) is 11.8 Å². The van der Waals surface area contributed by atoms with Gasteiger partial charge in [-0.3, -0.25) is 9.52 Å². The molecule has 5 nitrogen and oxygen atoms in total. The van der Waals surface area contributed by atoms with Gasteiger partial charge < -0.3 is 5.32 Å². The minimum atomic E-state index is -4.70. The Bertz CT molecular complexity index is 897. The number of carbonyl (C=O) groups excluding carboxylic acids is 1. The number of anilines is 1. The number of nitrogens with one attached hydrogen (secondary N) is 2. The molecule has 0 aliphatic carbocycles. The van der Waals surface area contributed by atoms with E-state index in [9.17, 15) is 26.4 Å². The maximum Gasteiger partial charge on any atom is 0.416 e. The van der Waals surface area contributed by atoms with Crippen LogP contribution in [0.4, 0.5) is 18.9 Å². The molecule has 0 saturated heterocycles. The molecule has 2 aromatic rings. The third kappa shape index (κ3) is 4.43. The van der Waals surface area contributed by atoms with E-state index >= 15 is 0 Å². The lowest BCUT2D eigenvalue weighted by Gasteiger charge is -2.13. The molecule has 0 heterocycles. The summed E-state index contributed by atoms with van der Waals surface area (Å²) in [7, 11) is -2.91. The Balaban J connectivity index is 2.35. The van der Waals surface area contributed by atoms with Crippen LogP contribution in [-0.4, -0.2) is 21.4 Å². The van der Waals surface area contributed by atoms with Gasteiger partial charge in [-0.05, 0) is 42.5 Å². The summed E-state index contributed by atoms with van der Waals surface area (Å²) in [4.78, 5) is 10.7. The number of sulfonamides is 1. The molecule has 0 bridgehead atoms. The van der Waals surface area contributed by atoms with Crippen LogP contribution in [0.25, 0.3) is 0 Å². The van der Waals surface area contributed by atoms with Crippen molar-refractivity contribution in [1.82, 2.24) is 5.32 Å². The van der Waals surface area contributed by atoms with Crippen molar-refractivity contribution in [1.29, 1.82) is 0 Å². The van der Waals surface area contributed by atoms with Gasteiger partial charge in [0.25, 0.3) is 15.9 Å². The van der Waals surface area contributed by atoms with Gasteiger partial charge in [-0.1, -0.05) is 11.6 Å². The van der Waals surface area contributed by atoms with E-state index in [2.05, 4.69) is 10.0 Å². The zero-order valence-electron chi connectivity index (χ0n) is 12.7. The standard InChI is InChI=1S/C15H12ClF3N2O3S/c1-20-14(22)9-2-5-11(6-3-9)21-25(23,24)13-8-10(15(17,18)19)4-7-12(13)16/h2-8,21H,1H3,(H,20,22). The molecule has 2 aromatic carbocycles. The molecule has 0 aliphatic rings. The van der Waals surface area contributed by atoms with Crippen LogP contribution in [0, 0.1) is 0 Å². The van der Waals surface area contributed by atoms with Crippen LogP contribution in [0.15, 0.2) is 47.4 Å². The summed E-state index contributed by atoms with van der Waals surface area (Å²) >= 11 is 5.74. The highest BCUT2D eigenvalue weighted by Crippen LogP contribution is 2.33. The lowest BCUT2D eigenvalue weighted by Crippen LogP contribution is -2.18. The molecular weight excluding hydrogens is 381 g/mol. The quantitative estimate of drug-likeness (QED) is 0.836. The van der Waals surface area contributed by atoms with Gasteiger partial charge >= 0.3 is 6.18 Å². The molecule has 2 N–H and O–H groups in total. The van der Waals surface area contributed by atoms with Gasteiger partial charge in [0.05, 0.1) is 10.6 Å². The van der Waals surface area contributed by atoms with Gasteiger partial charge in [0.2, 0.25) is 0 Å². The number of carbonyl (C=O) groups is 1. The van der Waals surface area contributed by atoms with E-state index in [0.29, 0.717) is 17.7 Å². The lowest BCUT2D eigenvalue weighted by atomic mass is 10.2. The zero-order valence-corrected chi connectivity index (χ0v) is 14.3. The fourth-order valence-corrected chi connectivity index (χ4v) is 3.52. The van der Waals surface area contributed by atoms with Crippen molar-refractivity contribution in [3.63, 3.8) is 0 Å². The van der Waals surface area contributed by atoms with Crippen LogP contribution in [0.3, 0.4) is 0 Å². The fourth-order valence-electron chi connectivity index (χ4n) is 1.93. The number of halogens is 4. The molecule has 10 heteroatoms. The Kier molecular flexibility index (Phi) is 5.28. The van der Waals surface area contributed by atoms with E-state index in [4.69, 9.17) is 11.6 Å². The molecule has 0 unspecified atom stereocenters. The topological polar surface area (TPSA) is 75.3 Å². The van der Waals surface area contributed by atoms with E-state index in [1.807, 2.05) is 0 Å². The van der Waals surface area contributed by atoms with Gasteiger partial charge in [0, 0.05) is 18.3 Å². The van der Waals surface area contributed by atoms with Crippen LogP contribution < -0.4 is 10.0 Å². The smallest absolute Gasteiger partial charge is 0.355 e. The summed E-state index contributed by atoms with van der Waals surface area (Å²) in [6.07, 6.45) is -4.70. The molecule has 0 atom stereocenters. The lowest BCUT2D eigenvalue weighted by molar-refractivity contribution is -0.137. The fraction of sp³-hybridized carbons (Fsp3) is 0.133. The summed E-state index contributed by atoms with van der Waals surface area (Å²) in [5.74, 6) is -0.365. The number of alkyl halides is 3. The molecule has 134 valence electrons. The Morgan fingerprint density at radius 3 is 2.20 bits per heavy atom. The Morgan fingerprint density at radius 2 is 1.68 bits per heavy atom. The molecule has 0 radical (unpaired) electrons. The zero-order chi connectivity index (χ0) is 18.8. The van der Waals surface area contributed by atoms with E-state index in [1.165, 1.54) is 31.3 Å². The summed E-state index contributed by atoms with van der Waals surface area (Å²) in [6, 6.07) is 7.37. The first-order valence-corrected chi connectivity index (χ1v) is 8.62. The number of amides is 1. The first kappa shape index (κ1) is 19.1. The first-order valence-electron chi connectivity index (χ1n) is 6.76. The summed E-state index contributed by atoms with van der Waals surface area (Å²) in [5.41, 5.74) is -0.768. The summed E-state index contributed by atoms with van der Waals surface area (Å²) in [5, 5.41) is 2.06. The van der Waals surface area contributed by atoms with E-state index in [-0.39, 0.29) is 16.6 Å². The normalized spacial score (nSPS) is 11.9. The average Bonchev–Trinajstić information content (AvgIpc) is 2.53. The Hall–Kier alpha value is -2.26. The SMILES string of the molecule is CNC(=O)c1ccc(NS(=O)(=O)c2cc(C(F)(F)F)ccc2Cl)cc1. The maximum atomic E-state index is 12.8. The minimum absolute atomic E-state index is 0.0705. The van der Waals surface area contributed by atoms with Crippen LogP contribution in [-0.2, 0) is 16.2 Å². The van der Waals surface area contributed by atoms with Crippen molar-refractivity contribution in [2.45, 2.75) is 11.1 Å². The van der Waals surface area contributed by atoms with Gasteiger partial charge in [0.1, 0.15) is 4.90 Å². The van der Waals surface area contributed by atoms with Crippen LogP contribution in [0.2, 0.25) is 5.02 Å². The summed E-state index contributed by atoms with van der Waals surface area (Å²) < 4.78 is 65.1. The van der Waals surface area contributed by atoms with Crippen molar-refractivity contribution >= 4 is 33.2 Å². The first-order chi connectivity index (χ1) is 11.5. The Labute approximate surface area is 146 Å². The van der Waals surface area contributed by atoms with E-state index in [0.717, 1.165) is 6.07 Å². The average molecular weight is 393 g/mol. The molecule has 0 aromatic heterocycles. The predicted octanol–water partition coefficient (Wildman–Crippen LogP) is 3.52. The predicted molar refractivity (Wildman–Crippen MR) is 87.1 cm³/mol. The number of hydrogen-bond donors (Lipinski definition) is 2. The van der Waals surface area contributed by atoms with Gasteiger partial charge in [0.15, 0.2) is 0 Å². The van der Waals surface area contributed by atoms with Gasteiger partial charge in [-0.15, -0.1) is 0 Å². The second kappa shape index (κ2) is 6.93. The number of rotatable bonds is 4. The maximum absolute atomic E-state index is 12.8. The molecular formula is C15H12ClF3N2O3S. The minimum Gasteiger partial charge on any atom is -0.355 e. The molecule has 2 rings (SSSR count). The van der Waals surface area contributed by atoms with Crippen LogP contribution in [0.5, 0.6) is 0 Å². The molecule has 25 heavy (non-hydrogen) atoms. The van der Waals surface area contributed by atoms with Crippen molar-refractivity contribution in [3.8, 4) is 0 Å². The van der Waals surface area contributed by atoms with E-state index in [1.54, 1.807) is 0 Å². The Morgan fingerprint density at radius 1 is 1.08 bits per heavy atom. The summed E-state index contributed by atoms with van der Waals surface area (Å²) in [6.45, 7) is 0. The monoisotopic (exact) mass is 392 g/mol. The number of benzene rings is 2. The molecule has 0 fully saturated rings. The highest BCUT2D eigenvalue weighted by molar-refractivity contribution is 7.92. The highest BCUT2D eigenvalue weighted by atomic mass is 35.5. The second-order valence-corrected chi connectivity index (χ2v) is 6.96. The van der Waals surface area contributed by atoms with Crippen LogP contribution in [0.1, 0.15) is 15.9 Å². The van der Waals surface area contributed by atoms with Crippen LogP contribution >= 0.6 is 11.6 Å². The molecule has 0 saturated carbocycles. The van der Waals surface area contributed by atoms with Crippen molar-refractivity contribution < 1.29 is 26.4 Å². The molecule has 0 spiro atoms. The van der Waals surface area contributed by atoms with Gasteiger partial charge in [-0.25, -0.2) is 8.42 Å². The second-order valence-electron chi connectivity index (χ2n) is 4.90.